The summed E-state index contributed by atoms with van der Waals surface area (Å²) in [5, 5.41) is 56.1. The van der Waals surface area contributed by atoms with Crippen LogP contribution in [-0.2, 0) is 4.74 Å². The van der Waals surface area contributed by atoms with Crippen molar-refractivity contribution >= 4 is 17.9 Å². The summed E-state index contributed by atoms with van der Waals surface area (Å²) in [4.78, 5) is 13.9. The Balaban J connectivity index is 1.68. The molecule has 0 unspecified atom stereocenters. The van der Waals surface area contributed by atoms with Gasteiger partial charge in [0.05, 0.1) is 30.8 Å². The Hall–Kier alpha value is -2.89. The molecule has 0 aromatic heterocycles. The molecule has 1 aromatic rings. The lowest BCUT2D eigenvalue weighted by molar-refractivity contribution is -0.258. The molecule has 0 bridgehead atoms. The molecule has 1 aromatic carbocycles. The zero-order chi connectivity index (χ0) is 20.3. The van der Waals surface area contributed by atoms with Crippen LogP contribution in [0, 0.1) is 17.7 Å². The third-order valence-corrected chi connectivity index (χ3v) is 5.54. The SMILES string of the molecule is Cc1cccc(C(=O)O[C@H]2CN3C(=N)N[C@@H](CO)[C@@H]4NC(=N)N[C@@]43C2(O)O)c1. The van der Waals surface area contributed by atoms with Crippen molar-refractivity contribution in [3.63, 3.8) is 0 Å². The number of aryl methyl sites for hydroxylation is 1. The first kappa shape index (κ1) is 18.5. The third-order valence-electron chi connectivity index (χ3n) is 5.54. The minimum absolute atomic E-state index is 0.180. The van der Waals surface area contributed by atoms with Crippen molar-refractivity contribution in [2.24, 2.45) is 0 Å². The lowest BCUT2D eigenvalue weighted by atomic mass is 9.85. The topological polar surface area (TPSA) is 174 Å². The quantitative estimate of drug-likeness (QED) is 0.207. The molecule has 4 atom stereocenters. The molecule has 11 nitrogen and oxygen atoms in total. The minimum atomic E-state index is -2.64. The van der Waals surface area contributed by atoms with E-state index < -0.39 is 42.2 Å². The van der Waals surface area contributed by atoms with Crippen molar-refractivity contribution in [3.8, 4) is 0 Å². The van der Waals surface area contributed by atoms with Gasteiger partial charge in [0.1, 0.15) is 0 Å². The summed E-state index contributed by atoms with van der Waals surface area (Å²) in [6, 6.07) is 5.07. The van der Waals surface area contributed by atoms with E-state index in [0.29, 0.717) is 0 Å². The Morgan fingerprint density at radius 1 is 1.36 bits per heavy atom. The van der Waals surface area contributed by atoms with Crippen molar-refractivity contribution in [2.75, 3.05) is 13.2 Å². The van der Waals surface area contributed by atoms with E-state index >= 15 is 0 Å². The highest BCUT2D eigenvalue weighted by molar-refractivity contribution is 5.90. The second kappa shape index (κ2) is 6.06. The summed E-state index contributed by atoms with van der Waals surface area (Å²) in [5.74, 6) is -3.74. The number of aliphatic hydroxyl groups excluding tert-OH is 1. The maximum atomic E-state index is 12.6. The fraction of sp³-hybridized carbons (Fsp3) is 0.471. The molecule has 0 amide bonds. The van der Waals surface area contributed by atoms with E-state index in [1.54, 1.807) is 18.2 Å². The average molecular weight is 390 g/mol. The summed E-state index contributed by atoms with van der Waals surface area (Å²) in [5.41, 5.74) is -0.637. The van der Waals surface area contributed by atoms with Gasteiger partial charge >= 0.3 is 5.97 Å². The van der Waals surface area contributed by atoms with Gasteiger partial charge < -0.3 is 40.9 Å². The van der Waals surface area contributed by atoms with E-state index in [0.717, 1.165) is 5.56 Å². The number of esters is 1. The van der Waals surface area contributed by atoms with Crippen molar-refractivity contribution in [2.45, 2.75) is 36.6 Å². The van der Waals surface area contributed by atoms with E-state index in [4.69, 9.17) is 15.6 Å². The van der Waals surface area contributed by atoms with E-state index in [2.05, 4.69) is 16.0 Å². The van der Waals surface area contributed by atoms with Crippen LogP contribution in [-0.4, -0.2) is 80.9 Å². The molecule has 0 saturated carbocycles. The molecular formula is C17H22N6O5. The first-order chi connectivity index (χ1) is 13.2. The molecular weight excluding hydrogens is 368 g/mol. The number of aliphatic hydroxyl groups is 3. The Morgan fingerprint density at radius 3 is 2.79 bits per heavy atom. The highest BCUT2D eigenvalue weighted by atomic mass is 16.6. The highest BCUT2D eigenvalue weighted by Crippen LogP contribution is 2.44. The number of hydrogen-bond donors (Lipinski definition) is 8. The van der Waals surface area contributed by atoms with E-state index in [-0.39, 0.29) is 24.0 Å². The number of carbonyl (C=O) groups excluding carboxylic acids is 1. The second-order valence-electron chi connectivity index (χ2n) is 7.27. The molecule has 150 valence electrons. The minimum Gasteiger partial charge on any atom is -0.451 e. The normalized spacial score (nSPS) is 32.7. The van der Waals surface area contributed by atoms with E-state index in [1.165, 1.54) is 4.90 Å². The van der Waals surface area contributed by atoms with Crippen LogP contribution < -0.4 is 16.0 Å². The summed E-state index contributed by atoms with van der Waals surface area (Å²) in [6.07, 6.45) is -1.40. The monoisotopic (exact) mass is 390 g/mol. The number of nitrogens with one attached hydrogen (secondary N) is 5. The van der Waals surface area contributed by atoms with Gasteiger partial charge in [0.25, 0.3) is 0 Å². The maximum absolute atomic E-state index is 12.6. The van der Waals surface area contributed by atoms with Crippen LogP contribution in [0.1, 0.15) is 15.9 Å². The highest BCUT2D eigenvalue weighted by Gasteiger charge is 2.75. The summed E-state index contributed by atoms with van der Waals surface area (Å²) < 4.78 is 5.41. The summed E-state index contributed by atoms with van der Waals surface area (Å²) >= 11 is 0. The van der Waals surface area contributed by atoms with Crippen LogP contribution in [0.4, 0.5) is 0 Å². The first-order valence-corrected chi connectivity index (χ1v) is 8.80. The molecule has 3 heterocycles. The van der Waals surface area contributed by atoms with Gasteiger partial charge in [-0.25, -0.2) is 4.79 Å². The Labute approximate surface area is 160 Å². The maximum Gasteiger partial charge on any atom is 0.338 e. The number of nitrogens with zero attached hydrogens (tertiary/aromatic N) is 1. The molecule has 4 rings (SSSR count). The Kier molecular flexibility index (Phi) is 4.00. The zero-order valence-corrected chi connectivity index (χ0v) is 15.1. The standard InChI is InChI=1S/C17H22N6O5/c1-8-3-2-4-9(5-8)13(25)28-11-6-23-15(19)20-10(7-24)12-16(23,17(11,26)27)22-14(18)21-12/h2-5,10-12,24,26-27H,6-7H2,1H3,(H2,19,20)(H3,18,21,22)/t10-,11-,12-,16-/m0/s1. The molecule has 3 aliphatic heterocycles. The Bertz CT molecular complexity index is 860. The van der Waals surface area contributed by atoms with Crippen LogP contribution in [0.5, 0.6) is 0 Å². The van der Waals surface area contributed by atoms with Gasteiger partial charge in [0.2, 0.25) is 5.79 Å². The molecule has 0 radical (unpaired) electrons. The van der Waals surface area contributed by atoms with Gasteiger partial charge in [-0.05, 0) is 19.1 Å². The molecule has 1 spiro atoms. The number of rotatable bonds is 3. The molecule has 11 heteroatoms. The fourth-order valence-electron chi connectivity index (χ4n) is 4.24. The van der Waals surface area contributed by atoms with E-state index in [9.17, 15) is 20.1 Å². The molecule has 3 aliphatic rings. The van der Waals surface area contributed by atoms with Crippen LogP contribution in [0.25, 0.3) is 0 Å². The van der Waals surface area contributed by atoms with Gasteiger partial charge in [-0.2, -0.15) is 0 Å². The second-order valence-corrected chi connectivity index (χ2v) is 7.27. The van der Waals surface area contributed by atoms with Crippen molar-refractivity contribution in [1.82, 2.24) is 20.9 Å². The number of ether oxygens (including phenoxy) is 1. The lowest BCUT2D eigenvalue weighted by Crippen LogP contribution is -2.80. The van der Waals surface area contributed by atoms with Crippen LogP contribution in [0.3, 0.4) is 0 Å². The zero-order valence-electron chi connectivity index (χ0n) is 15.1. The van der Waals surface area contributed by atoms with Gasteiger partial charge in [0, 0.05) is 0 Å². The number of guanidine groups is 2. The van der Waals surface area contributed by atoms with E-state index in [1.807, 2.05) is 13.0 Å². The predicted molar refractivity (Wildman–Crippen MR) is 96.5 cm³/mol. The molecule has 3 saturated heterocycles. The van der Waals surface area contributed by atoms with Crippen molar-refractivity contribution in [1.29, 1.82) is 10.8 Å². The first-order valence-electron chi connectivity index (χ1n) is 8.80. The van der Waals surface area contributed by atoms with Gasteiger partial charge in [-0.3, -0.25) is 10.8 Å². The van der Waals surface area contributed by atoms with Crippen molar-refractivity contribution < 1.29 is 24.9 Å². The van der Waals surface area contributed by atoms with Gasteiger partial charge in [-0.1, -0.05) is 17.7 Å². The van der Waals surface area contributed by atoms with Gasteiger partial charge in [-0.15, -0.1) is 0 Å². The number of hydrogen-bond acceptors (Lipinski definition) is 7. The number of carbonyl (C=O) groups is 1. The summed E-state index contributed by atoms with van der Waals surface area (Å²) in [7, 11) is 0. The summed E-state index contributed by atoms with van der Waals surface area (Å²) in [6.45, 7) is 1.22. The fourth-order valence-corrected chi connectivity index (χ4v) is 4.24. The predicted octanol–water partition coefficient (Wildman–Crippen LogP) is -2.39. The Morgan fingerprint density at radius 2 is 2.11 bits per heavy atom. The lowest BCUT2D eigenvalue weighted by Gasteiger charge is -2.50. The van der Waals surface area contributed by atoms with Crippen LogP contribution >= 0.6 is 0 Å². The largest absolute Gasteiger partial charge is 0.451 e. The molecule has 8 N–H and O–H groups in total. The van der Waals surface area contributed by atoms with Crippen molar-refractivity contribution in [3.05, 3.63) is 35.4 Å². The van der Waals surface area contributed by atoms with Gasteiger partial charge in [0.15, 0.2) is 23.7 Å². The molecule has 28 heavy (non-hydrogen) atoms. The number of benzene rings is 1. The third kappa shape index (κ3) is 2.37. The molecule has 0 aliphatic carbocycles. The molecule has 3 fully saturated rings. The van der Waals surface area contributed by atoms with Crippen LogP contribution in [0.2, 0.25) is 0 Å². The smallest absolute Gasteiger partial charge is 0.338 e. The van der Waals surface area contributed by atoms with Crippen LogP contribution in [0.15, 0.2) is 24.3 Å². The average Bonchev–Trinajstić information content (AvgIpc) is 3.10.